The van der Waals surface area contributed by atoms with E-state index in [0.717, 1.165) is 49.8 Å². The zero-order valence-electron chi connectivity index (χ0n) is 23.9. The standard InChI is InChI=1S/C29H31F3N6O4S2/c1-16-12-33-6-7-37(16)18-4-5-22(20(10-18)17-2-3-17)35-28-34-13-21(29(30,31)32)25(36-28)23-11-24-26(43-23)27(39)38(19-14-42-15-19)8-9-44(24,40)41/h4-5,10-11,13,16-17,19,33H,2-3,6-9,12,14-15H2,1H3,(H,34,35,36). The molecule has 2 aromatic heterocycles. The second-order valence-corrected chi connectivity index (χ2v) is 14.8. The van der Waals surface area contributed by atoms with E-state index in [2.05, 4.69) is 38.5 Å². The number of amides is 1. The molecule has 0 spiro atoms. The number of carbonyl (C=O) groups excluding carboxylic acids is 1. The van der Waals surface area contributed by atoms with Crippen molar-refractivity contribution in [2.45, 2.75) is 48.8 Å². The number of piperazine rings is 1. The van der Waals surface area contributed by atoms with E-state index in [9.17, 15) is 26.4 Å². The van der Waals surface area contributed by atoms with Crippen LogP contribution in [-0.4, -0.2) is 86.4 Å². The third-order valence-electron chi connectivity index (χ3n) is 8.61. The summed E-state index contributed by atoms with van der Waals surface area (Å²) in [6, 6.07) is 7.24. The molecule has 7 rings (SSSR count). The molecule has 0 radical (unpaired) electrons. The molecule has 4 aliphatic rings. The number of hydrogen-bond donors (Lipinski definition) is 2. The lowest BCUT2D eigenvalue weighted by Crippen LogP contribution is -2.52. The van der Waals surface area contributed by atoms with Crippen LogP contribution in [0.15, 0.2) is 35.4 Å². The highest BCUT2D eigenvalue weighted by Crippen LogP contribution is 2.46. The molecule has 234 valence electrons. The maximum atomic E-state index is 14.2. The lowest BCUT2D eigenvalue weighted by Gasteiger charge is -2.36. The van der Waals surface area contributed by atoms with Crippen LogP contribution in [0.2, 0.25) is 0 Å². The Balaban J connectivity index is 1.26. The number of anilines is 3. The number of rotatable bonds is 6. The van der Waals surface area contributed by atoms with Crippen molar-refractivity contribution in [1.82, 2.24) is 20.2 Å². The second-order valence-electron chi connectivity index (χ2n) is 11.7. The van der Waals surface area contributed by atoms with Crippen molar-refractivity contribution >= 4 is 44.4 Å². The highest BCUT2D eigenvalue weighted by molar-refractivity contribution is 7.91. The van der Waals surface area contributed by atoms with Crippen LogP contribution in [0.1, 0.15) is 46.5 Å². The van der Waals surface area contributed by atoms with Crippen LogP contribution in [0.25, 0.3) is 10.6 Å². The first-order chi connectivity index (χ1) is 21.0. The van der Waals surface area contributed by atoms with Crippen molar-refractivity contribution in [1.29, 1.82) is 0 Å². The minimum atomic E-state index is -4.81. The number of ether oxygens (including phenoxy) is 1. The van der Waals surface area contributed by atoms with Crippen LogP contribution in [0.4, 0.5) is 30.5 Å². The fourth-order valence-corrected chi connectivity index (χ4v) is 8.86. The lowest BCUT2D eigenvalue weighted by atomic mass is 10.1. The van der Waals surface area contributed by atoms with E-state index in [1.54, 1.807) is 0 Å². The van der Waals surface area contributed by atoms with Crippen LogP contribution in [0.5, 0.6) is 0 Å². The molecular weight excluding hydrogens is 617 g/mol. The van der Waals surface area contributed by atoms with Crippen molar-refractivity contribution in [3.63, 3.8) is 0 Å². The van der Waals surface area contributed by atoms with Gasteiger partial charge in [-0.05, 0) is 55.5 Å². The van der Waals surface area contributed by atoms with Crippen molar-refractivity contribution in [2.24, 2.45) is 0 Å². The molecule has 10 nitrogen and oxygen atoms in total. The summed E-state index contributed by atoms with van der Waals surface area (Å²) in [5.74, 6) is -0.574. The molecule has 1 amide bonds. The van der Waals surface area contributed by atoms with Gasteiger partial charge in [0.25, 0.3) is 5.91 Å². The Morgan fingerprint density at radius 3 is 2.61 bits per heavy atom. The Kier molecular flexibility index (Phi) is 7.34. The first-order valence-corrected chi connectivity index (χ1v) is 17.0. The average Bonchev–Trinajstić information content (AvgIpc) is 3.71. The first kappa shape index (κ1) is 29.4. The van der Waals surface area contributed by atoms with Gasteiger partial charge in [-0.2, -0.15) is 13.2 Å². The second kappa shape index (κ2) is 11.0. The number of nitrogens with zero attached hydrogens (tertiary/aromatic N) is 4. The molecule has 1 saturated carbocycles. The van der Waals surface area contributed by atoms with Crippen LogP contribution < -0.4 is 15.5 Å². The molecule has 1 aliphatic carbocycles. The molecule has 44 heavy (non-hydrogen) atoms. The monoisotopic (exact) mass is 648 g/mol. The largest absolute Gasteiger partial charge is 0.420 e. The number of sulfone groups is 1. The van der Waals surface area contributed by atoms with Crippen LogP contribution in [0.3, 0.4) is 0 Å². The summed E-state index contributed by atoms with van der Waals surface area (Å²) in [7, 11) is -3.92. The smallest absolute Gasteiger partial charge is 0.377 e. The van der Waals surface area contributed by atoms with Gasteiger partial charge in [0.1, 0.15) is 10.4 Å². The van der Waals surface area contributed by atoms with Crippen molar-refractivity contribution < 1.29 is 31.1 Å². The SMILES string of the molecule is CC1CNCCN1c1ccc(Nc2ncc(C(F)(F)F)c(-c3cc4c(s3)C(=O)N(C3COC3)CCS4(=O)=O)n2)c(C2CC2)c1. The summed E-state index contributed by atoms with van der Waals surface area (Å²) in [4.78, 5) is 25.0. The fraction of sp³-hybridized carbons (Fsp3) is 0.483. The van der Waals surface area contributed by atoms with E-state index >= 15 is 0 Å². The van der Waals surface area contributed by atoms with Gasteiger partial charge in [0.15, 0.2) is 9.84 Å². The molecule has 1 unspecified atom stereocenters. The van der Waals surface area contributed by atoms with Crippen LogP contribution in [0, 0.1) is 0 Å². The number of nitrogens with one attached hydrogen (secondary N) is 2. The van der Waals surface area contributed by atoms with Gasteiger partial charge in [0.2, 0.25) is 5.95 Å². The molecule has 0 bridgehead atoms. The van der Waals surface area contributed by atoms with Crippen molar-refractivity contribution in [2.75, 3.05) is 55.4 Å². The van der Waals surface area contributed by atoms with Crippen LogP contribution >= 0.6 is 11.3 Å². The summed E-state index contributed by atoms with van der Waals surface area (Å²) in [6.45, 7) is 5.38. The molecule has 3 aliphatic heterocycles. The molecule has 1 aromatic carbocycles. The zero-order chi connectivity index (χ0) is 30.8. The van der Waals surface area contributed by atoms with Gasteiger partial charge in [-0.1, -0.05) is 0 Å². The highest BCUT2D eigenvalue weighted by Gasteiger charge is 2.41. The third-order valence-corrected chi connectivity index (χ3v) is 11.6. The van der Waals surface area contributed by atoms with Crippen molar-refractivity contribution in [3.8, 4) is 10.6 Å². The van der Waals surface area contributed by atoms with E-state index in [4.69, 9.17) is 4.74 Å². The Labute approximate surface area is 256 Å². The topological polar surface area (TPSA) is 117 Å². The lowest BCUT2D eigenvalue weighted by molar-refractivity contribution is -0.137. The number of aromatic nitrogens is 2. The molecular formula is C29H31F3N6O4S2. The minimum absolute atomic E-state index is 0.00299. The van der Waals surface area contributed by atoms with Gasteiger partial charge in [-0.25, -0.2) is 18.4 Å². The Hall–Kier alpha value is -3.27. The summed E-state index contributed by atoms with van der Waals surface area (Å²) in [5, 5.41) is 6.53. The van der Waals surface area contributed by atoms with Gasteiger partial charge in [0.05, 0.1) is 40.5 Å². The van der Waals surface area contributed by atoms with E-state index in [1.807, 2.05) is 12.1 Å². The molecule has 3 aromatic rings. The van der Waals surface area contributed by atoms with E-state index < -0.39 is 33.2 Å². The number of alkyl halides is 3. The summed E-state index contributed by atoms with van der Waals surface area (Å²) >= 11 is 0.709. The summed E-state index contributed by atoms with van der Waals surface area (Å²) in [5.41, 5.74) is 1.27. The third kappa shape index (κ3) is 5.43. The number of fused-ring (bicyclic) bond motifs is 1. The Bertz CT molecular complexity index is 1720. The van der Waals surface area contributed by atoms with Gasteiger partial charge in [0, 0.05) is 49.8 Å². The van der Waals surface area contributed by atoms with Crippen LogP contribution in [-0.2, 0) is 20.8 Å². The maximum absolute atomic E-state index is 14.2. The van der Waals surface area contributed by atoms with Gasteiger partial charge >= 0.3 is 6.18 Å². The van der Waals surface area contributed by atoms with E-state index in [1.165, 1.54) is 4.90 Å². The fourth-order valence-electron chi connectivity index (χ4n) is 5.94. The zero-order valence-corrected chi connectivity index (χ0v) is 25.5. The highest BCUT2D eigenvalue weighted by atomic mass is 32.2. The first-order valence-electron chi connectivity index (χ1n) is 14.6. The molecule has 3 fully saturated rings. The maximum Gasteiger partial charge on any atom is 0.420 e. The summed E-state index contributed by atoms with van der Waals surface area (Å²) in [6.07, 6.45) is -2.07. The van der Waals surface area contributed by atoms with E-state index in [0.29, 0.717) is 35.2 Å². The predicted molar refractivity (Wildman–Crippen MR) is 159 cm³/mol. The van der Waals surface area contributed by atoms with Gasteiger partial charge < -0.3 is 25.2 Å². The molecule has 2 N–H and O–H groups in total. The number of halogens is 3. The minimum Gasteiger partial charge on any atom is -0.377 e. The number of benzene rings is 1. The predicted octanol–water partition coefficient (Wildman–Crippen LogP) is 4.27. The molecule has 15 heteroatoms. The number of thiophene rings is 1. The Morgan fingerprint density at radius 1 is 1.14 bits per heavy atom. The van der Waals surface area contributed by atoms with E-state index in [-0.39, 0.29) is 52.2 Å². The average molecular weight is 649 g/mol. The molecule has 1 atom stereocenters. The Morgan fingerprint density at radius 2 is 1.93 bits per heavy atom. The van der Waals surface area contributed by atoms with Gasteiger partial charge in [-0.15, -0.1) is 11.3 Å². The summed E-state index contributed by atoms with van der Waals surface area (Å²) < 4.78 is 74.1. The van der Waals surface area contributed by atoms with Gasteiger partial charge in [-0.3, -0.25) is 4.79 Å². The van der Waals surface area contributed by atoms with Crippen molar-refractivity contribution in [3.05, 3.63) is 46.5 Å². The normalized spacial score (nSPS) is 22.4. The molecule has 5 heterocycles. The quantitative estimate of drug-likeness (QED) is 0.404. The molecule has 2 saturated heterocycles. The number of carbonyl (C=O) groups is 1. The number of hydrogen-bond acceptors (Lipinski definition) is 10.